The minimum Gasteiger partial charge on any atom is -0.306 e. The zero-order valence-corrected chi connectivity index (χ0v) is 12.4. The first-order chi connectivity index (χ1) is 9.60. The Kier molecular flexibility index (Phi) is 4.79. The Labute approximate surface area is 125 Å². The molecule has 1 N–H and O–H groups in total. The Morgan fingerprint density at radius 3 is 2.50 bits per heavy atom. The fourth-order valence-electron chi connectivity index (χ4n) is 2.10. The van der Waals surface area contributed by atoms with E-state index in [1.807, 2.05) is 49.4 Å². The number of nitrogens with one attached hydrogen (secondary N) is 1. The highest BCUT2D eigenvalue weighted by molar-refractivity contribution is 6.30. The van der Waals surface area contributed by atoms with Crippen molar-refractivity contribution in [3.05, 3.63) is 69.7 Å². The van der Waals surface area contributed by atoms with Gasteiger partial charge in [-0.15, -0.1) is 0 Å². The van der Waals surface area contributed by atoms with E-state index in [0.717, 1.165) is 17.1 Å². The summed E-state index contributed by atoms with van der Waals surface area (Å²) in [6, 6.07) is 16.1. The molecule has 0 aromatic heterocycles. The molecule has 3 heteroatoms. The minimum absolute atomic E-state index is 0.252. The molecule has 0 aliphatic carbocycles. The summed E-state index contributed by atoms with van der Waals surface area (Å²) in [7, 11) is 0. The zero-order valence-electron chi connectivity index (χ0n) is 11.7. The van der Waals surface area contributed by atoms with E-state index >= 15 is 0 Å². The highest BCUT2D eigenvalue weighted by Gasteiger charge is 2.06. The van der Waals surface area contributed by atoms with Crippen LogP contribution in [0.2, 0.25) is 5.02 Å². The third-order valence-corrected chi connectivity index (χ3v) is 3.69. The van der Waals surface area contributed by atoms with Gasteiger partial charge in [0.05, 0.1) is 11.6 Å². The van der Waals surface area contributed by atoms with Gasteiger partial charge in [0.2, 0.25) is 0 Å². The molecule has 2 aromatic carbocycles. The van der Waals surface area contributed by atoms with Crippen LogP contribution in [0.4, 0.5) is 0 Å². The molecule has 102 valence electrons. The van der Waals surface area contributed by atoms with E-state index in [4.69, 9.17) is 16.9 Å². The van der Waals surface area contributed by atoms with Gasteiger partial charge in [0, 0.05) is 17.6 Å². The maximum atomic E-state index is 8.87. The van der Waals surface area contributed by atoms with Crippen molar-refractivity contribution in [3.63, 3.8) is 0 Å². The number of aryl methyl sites for hydroxylation is 1. The molecule has 20 heavy (non-hydrogen) atoms. The van der Waals surface area contributed by atoms with E-state index in [0.29, 0.717) is 5.56 Å². The second-order valence-corrected chi connectivity index (χ2v) is 5.34. The van der Waals surface area contributed by atoms with Crippen LogP contribution in [-0.4, -0.2) is 0 Å². The van der Waals surface area contributed by atoms with Crippen molar-refractivity contribution in [2.75, 3.05) is 0 Å². The van der Waals surface area contributed by atoms with Crippen LogP contribution in [0.3, 0.4) is 0 Å². The second kappa shape index (κ2) is 6.56. The summed E-state index contributed by atoms with van der Waals surface area (Å²) in [5, 5.41) is 13.1. The molecule has 0 heterocycles. The molecular weight excluding hydrogens is 268 g/mol. The molecule has 0 aliphatic heterocycles. The van der Waals surface area contributed by atoms with Crippen molar-refractivity contribution < 1.29 is 0 Å². The molecule has 0 unspecified atom stereocenters. The smallest absolute Gasteiger partial charge is 0.0991 e. The van der Waals surface area contributed by atoms with Gasteiger partial charge in [-0.2, -0.15) is 5.26 Å². The van der Waals surface area contributed by atoms with E-state index in [9.17, 15) is 0 Å². The lowest BCUT2D eigenvalue weighted by atomic mass is 10.0. The first kappa shape index (κ1) is 14.6. The molecule has 0 saturated heterocycles. The lowest BCUT2D eigenvalue weighted by molar-refractivity contribution is 0.573. The summed E-state index contributed by atoms with van der Waals surface area (Å²) in [6.07, 6.45) is 0. The van der Waals surface area contributed by atoms with Crippen molar-refractivity contribution in [1.82, 2.24) is 5.32 Å². The average Bonchev–Trinajstić information content (AvgIpc) is 2.46. The summed E-state index contributed by atoms with van der Waals surface area (Å²) in [5.74, 6) is 0. The van der Waals surface area contributed by atoms with Gasteiger partial charge in [0.15, 0.2) is 0 Å². The molecule has 2 nitrogen and oxygen atoms in total. The Hall–Kier alpha value is -1.82. The molecule has 0 saturated carbocycles. The first-order valence-electron chi connectivity index (χ1n) is 6.58. The average molecular weight is 285 g/mol. The molecule has 1 atom stereocenters. The largest absolute Gasteiger partial charge is 0.306 e. The Balaban J connectivity index is 2.01. The van der Waals surface area contributed by atoms with Gasteiger partial charge in [0.1, 0.15) is 0 Å². The number of halogens is 1. The molecule has 0 fully saturated rings. The van der Waals surface area contributed by atoms with Crippen molar-refractivity contribution >= 4 is 11.6 Å². The summed E-state index contributed by atoms with van der Waals surface area (Å²) < 4.78 is 0. The van der Waals surface area contributed by atoms with Gasteiger partial charge in [0.25, 0.3) is 0 Å². The van der Waals surface area contributed by atoms with Crippen molar-refractivity contribution in [2.24, 2.45) is 0 Å². The monoisotopic (exact) mass is 284 g/mol. The summed E-state index contributed by atoms with van der Waals surface area (Å²) in [6.45, 7) is 4.94. The first-order valence-corrected chi connectivity index (χ1v) is 6.96. The lowest BCUT2D eigenvalue weighted by Crippen LogP contribution is -2.18. The van der Waals surface area contributed by atoms with Crippen LogP contribution in [0.5, 0.6) is 0 Å². The molecule has 0 radical (unpaired) electrons. The van der Waals surface area contributed by atoms with Crippen molar-refractivity contribution in [3.8, 4) is 6.07 Å². The Morgan fingerprint density at radius 1 is 1.20 bits per heavy atom. The molecule has 0 spiro atoms. The molecule has 2 aromatic rings. The lowest BCUT2D eigenvalue weighted by Gasteiger charge is -2.15. The third kappa shape index (κ3) is 3.60. The van der Waals surface area contributed by atoms with E-state index in [1.165, 1.54) is 11.1 Å². The van der Waals surface area contributed by atoms with Crippen LogP contribution >= 0.6 is 11.6 Å². The van der Waals surface area contributed by atoms with E-state index < -0.39 is 0 Å². The molecule has 0 bridgehead atoms. The van der Waals surface area contributed by atoms with Crippen molar-refractivity contribution in [1.29, 1.82) is 5.26 Å². The van der Waals surface area contributed by atoms with Gasteiger partial charge < -0.3 is 5.32 Å². The van der Waals surface area contributed by atoms with Gasteiger partial charge in [-0.3, -0.25) is 0 Å². The summed E-state index contributed by atoms with van der Waals surface area (Å²) in [5.41, 5.74) is 4.27. The normalized spacial score (nSPS) is 11.9. The number of hydrogen-bond acceptors (Lipinski definition) is 2. The Bertz CT molecular complexity index is 626. The van der Waals surface area contributed by atoms with Crippen LogP contribution in [0.1, 0.15) is 35.2 Å². The fourth-order valence-corrected chi connectivity index (χ4v) is 2.22. The van der Waals surface area contributed by atoms with E-state index in [1.54, 1.807) is 0 Å². The Morgan fingerprint density at radius 2 is 1.90 bits per heavy atom. The molecule has 0 amide bonds. The number of hydrogen-bond donors (Lipinski definition) is 1. The predicted molar refractivity (Wildman–Crippen MR) is 82.6 cm³/mol. The summed E-state index contributed by atoms with van der Waals surface area (Å²) >= 11 is 5.89. The van der Waals surface area contributed by atoms with Gasteiger partial charge >= 0.3 is 0 Å². The van der Waals surface area contributed by atoms with Crippen molar-refractivity contribution in [2.45, 2.75) is 26.4 Å². The molecule has 2 rings (SSSR count). The standard InChI is InChI=1S/C17H17ClN2/c1-12-9-14(10-19)3-4-16(12)11-20-13(2)15-5-7-17(18)8-6-15/h3-9,13,20H,11H2,1-2H3/t13-/m1/s1. The predicted octanol–water partition coefficient (Wildman–Crippen LogP) is 4.37. The number of rotatable bonds is 4. The maximum Gasteiger partial charge on any atom is 0.0991 e. The zero-order chi connectivity index (χ0) is 14.5. The highest BCUT2D eigenvalue weighted by Crippen LogP contribution is 2.17. The number of nitriles is 1. The number of nitrogens with zero attached hydrogens (tertiary/aromatic N) is 1. The molecular formula is C17H17ClN2. The topological polar surface area (TPSA) is 35.8 Å². The second-order valence-electron chi connectivity index (χ2n) is 4.91. The molecule has 0 aliphatic rings. The number of benzene rings is 2. The van der Waals surface area contributed by atoms with Crippen LogP contribution in [0.15, 0.2) is 42.5 Å². The van der Waals surface area contributed by atoms with Crippen LogP contribution in [0, 0.1) is 18.3 Å². The quantitative estimate of drug-likeness (QED) is 0.905. The van der Waals surface area contributed by atoms with Crippen LogP contribution in [0.25, 0.3) is 0 Å². The third-order valence-electron chi connectivity index (χ3n) is 3.44. The van der Waals surface area contributed by atoms with Gasteiger partial charge in [-0.1, -0.05) is 29.8 Å². The summed E-state index contributed by atoms with van der Waals surface area (Å²) in [4.78, 5) is 0. The minimum atomic E-state index is 0.252. The fraction of sp³-hybridized carbons (Fsp3) is 0.235. The van der Waals surface area contributed by atoms with Crippen LogP contribution < -0.4 is 5.32 Å². The van der Waals surface area contributed by atoms with E-state index in [-0.39, 0.29) is 6.04 Å². The van der Waals surface area contributed by atoms with Gasteiger partial charge in [-0.05, 0) is 54.8 Å². The van der Waals surface area contributed by atoms with Gasteiger partial charge in [-0.25, -0.2) is 0 Å². The van der Waals surface area contributed by atoms with E-state index in [2.05, 4.69) is 18.3 Å². The van der Waals surface area contributed by atoms with Crippen LogP contribution in [-0.2, 0) is 6.54 Å². The SMILES string of the molecule is Cc1cc(C#N)ccc1CN[C@H](C)c1ccc(Cl)cc1. The maximum absolute atomic E-state index is 8.87. The highest BCUT2D eigenvalue weighted by atomic mass is 35.5.